The number of anilines is 1. The van der Waals surface area contributed by atoms with Gasteiger partial charge in [0.1, 0.15) is 6.34 Å². The topological polar surface area (TPSA) is 48.2 Å². The van der Waals surface area contributed by atoms with Gasteiger partial charge in [0.25, 0.3) is 0 Å². The van der Waals surface area contributed by atoms with Crippen LogP contribution in [0.15, 0.2) is 41.4 Å². The van der Waals surface area contributed by atoms with Crippen LogP contribution in [0.5, 0.6) is 0 Å². The zero-order chi connectivity index (χ0) is 20.9. The van der Waals surface area contributed by atoms with Crippen LogP contribution in [0.1, 0.15) is 17.0 Å². The van der Waals surface area contributed by atoms with Crippen LogP contribution in [-0.2, 0) is 0 Å². The lowest BCUT2D eigenvalue weighted by Crippen LogP contribution is -2.19. The summed E-state index contributed by atoms with van der Waals surface area (Å²) in [7, 11) is 0. The van der Waals surface area contributed by atoms with E-state index in [4.69, 9.17) is 51.8 Å². The van der Waals surface area contributed by atoms with Gasteiger partial charge in [-0.1, -0.05) is 64.6 Å². The molecule has 3 nitrogen and oxygen atoms in total. The molecule has 2 N–H and O–H groups in total. The van der Waals surface area contributed by atoms with Gasteiger partial charge in [-0.2, -0.15) is 13.2 Å². The van der Waals surface area contributed by atoms with Crippen LogP contribution in [0.3, 0.4) is 0 Å². The van der Waals surface area contributed by atoms with Crippen molar-refractivity contribution in [1.82, 2.24) is 0 Å². The van der Waals surface area contributed by atoms with E-state index in [1.807, 2.05) is 0 Å². The van der Waals surface area contributed by atoms with Gasteiger partial charge in [-0.25, -0.2) is 4.99 Å². The van der Waals surface area contributed by atoms with Gasteiger partial charge in [0.05, 0.1) is 27.3 Å². The Morgan fingerprint density at radius 3 is 2.18 bits per heavy atom. The molecular formula is C18H12Cl4F3N3. The highest BCUT2D eigenvalue weighted by Gasteiger charge is 2.39. The van der Waals surface area contributed by atoms with Crippen molar-refractivity contribution in [1.29, 1.82) is 5.41 Å². The summed E-state index contributed by atoms with van der Waals surface area (Å²) in [6.07, 6.45) is -0.207. The lowest BCUT2D eigenvalue weighted by molar-refractivity contribution is -0.139. The van der Waals surface area contributed by atoms with Crippen molar-refractivity contribution in [2.24, 2.45) is 4.99 Å². The fraction of sp³-hybridized carbons (Fsp3) is 0.111. The standard InChI is InChI=1S/C18H12Cl4F3N3/c19-14-7-12(28-9-27-8-26)3-1-10(14)2-4-13(18(23,24)25)11-5-15(20)17(22)16(21)6-11/h1-9,13H,(H2,26,27,28)/b4-2+. The SMILES string of the molecule is N=C/N=C\Nc1ccc(/C=C/C(c2cc(Cl)c(Cl)c(Cl)c2)C(F)(F)F)c(Cl)c1. The van der Waals surface area contributed by atoms with E-state index < -0.39 is 12.1 Å². The van der Waals surface area contributed by atoms with Gasteiger partial charge in [-0.3, -0.25) is 5.41 Å². The number of hydrogen-bond acceptors (Lipinski definition) is 1. The van der Waals surface area contributed by atoms with Gasteiger partial charge in [-0.15, -0.1) is 0 Å². The van der Waals surface area contributed by atoms with E-state index in [9.17, 15) is 13.2 Å². The molecule has 28 heavy (non-hydrogen) atoms. The Hall–Kier alpha value is -1.73. The van der Waals surface area contributed by atoms with Crippen LogP contribution in [0.4, 0.5) is 18.9 Å². The Bertz CT molecular complexity index is 904. The molecule has 2 aromatic rings. The number of allylic oxidation sites excluding steroid dienone is 1. The van der Waals surface area contributed by atoms with E-state index in [0.717, 1.165) is 24.5 Å². The Kier molecular flexibility index (Phi) is 7.78. The smallest absolute Gasteiger partial charge is 0.346 e. The van der Waals surface area contributed by atoms with Crippen molar-refractivity contribution in [2.45, 2.75) is 12.1 Å². The van der Waals surface area contributed by atoms with Crippen LogP contribution in [-0.4, -0.2) is 18.9 Å². The molecule has 0 spiro atoms. The first-order chi connectivity index (χ1) is 13.1. The number of hydrogen-bond donors (Lipinski definition) is 2. The second kappa shape index (κ2) is 9.65. The summed E-state index contributed by atoms with van der Waals surface area (Å²) >= 11 is 23.7. The van der Waals surface area contributed by atoms with Gasteiger partial charge in [0.15, 0.2) is 0 Å². The maximum absolute atomic E-state index is 13.6. The maximum Gasteiger partial charge on any atom is 0.399 e. The van der Waals surface area contributed by atoms with Gasteiger partial charge >= 0.3 is 6.18 Å². The molecule has 0 aromatic heterocycles. The van der Waals surface area contributed by atoms with Crippen molar-refractivity contribution in [3.05, 3.63) is 67.6 Å². The second-order valence-corrected chi connectivity index (χ2v) is 7.06. The van der Waals surface area contributed by atoms with Crippen molar-refractivity contribution < 1.29 is 13.2 Å². The summed E-state index contributed by atoms with van der Waals surface area (Å²) < 4.78 is 40.7. The summed E-state index contributed by atoms with van der Waals surface area (Å²) in [5, 5.41) is 9.66. The Morgan fingerprint density at radius 2 is 1.64 bits per heavy atom. The number of rotatable bonds is 6. The average molecular weight is 469 g/mol. The van der Waals surface area contributed by atoms with Crippen LogP contribution in [0.25, 0.3) is 6.08 Å². The van der Waals surface area contributed by atoms with Gasteiger partial charge < -0.3 is 5.32 Å². The third-order valence-corrected chi connectivity index (χ3v) is 5.09. The molecular weight excluding hydrogens is 457 g/mol. The molecule has 0 radical (unpaired) electrons. The number of benzene rings is 2. The summed E-state index contributed by atoms with van der Waals surface area (Å²) in [6, 6.07) is 6.95. The third-order valence-electron chi connectivity index (χ3n) is 3.57. The first-order valence-electron chi connectivity index (χ1n) is 7.59. The van der Waals surface area contributed by atoms with E-state index in [1.165, 1.54) is 18.5 Å². The molecule has 10 heteroatoms. The van der Waals surface area contributed by atoms with Crippen LogP contribution >= 0.6 is 46.4 Å². The highest BCUT2D eigenvalue weighted by molar-refractivity contribution is 6.48. The first-order valence-corrected chi connectivity index (χ1v) is 9.10. The predicted octanol–water partition coefficient (Wildman–Crippen LogP) is 7.71. The van der Waals surface area contributed by atoms with Crippen LogP contribution < -0.4 is 5.32 Å². The molecule has 0 fully saturated rings. The largest absolute Gasteiger partial charge is 0.399 e. The molecule has 1 unspecified atom stereocenters. The summed E-state index contributed by atoms with van der Waals surface area (Å²) in [6.45, 7) is 0. The molecule has 0 saturated carbocycles. The molecule has 0 aliphatic heterocycles. The number of nitrogens with zero attached hydrogens (tertiary/aromatic N) is 1. The summed E-state index contributed by atoms with van der Waals surface area (Å²) in [4.78, 5) is 3.55. The fourth-order valence-corrected chi connectivity index (χ4v) is 3.12. The van der Waals surface area contributed by atoms with Crippen molar-refractivity contribution in [2.75, 3.05) is 5.32 Å². The third kappa shape index (κ3) is 5.88. The van der Waals surface area contributed by atoms with Crippen LogP contribution in [0, 0.1) is 5.41 Å². The fourth-order valence-electron chi connectivity index (χ4n) is 2.26. The van der Waals surface area contributed by atoms with E-state index in [2.05, 4.69) is 10.3 Å². The molecule has 0 saturated heterocycles. The summed E-state index contributed by atoms with van der Waals surface area (Å²) in [5.74, 6) is -1.95. The van der Waals surface area contributed by atoms with Gasteiger partial charge in [0, 0.05) is 10.7 Å². The molecule has 2 aromatic carbocycles. The van der Waals surface area contributed by atoms with E-state index in [-0.39, 0.29) is 25.7 Å². The lowest BCUT2D eigenvalue weighted by atomic mass is 9.97. The number of halogens is 7. The minimum atomic E-state index is -4.58. The quantitative estimate of drug-likeness (QED) is 0.254. The normalized spacial score (nSPS) is 13.2. The monoisotopic (exact) mass is 467 g/mol. The molecule has 1 atom stereocenters. The zero-order valence-electron chi connectivity index (χ0n) is 13.9. The van der Waals surface area contributed by atoms with Gasteiger partial charge in [0.2, 0.25) is 0 Å². The van der Waals surface area contributed by atoms with E-state index in [0.29, 0.717) is 11.3 Å². The van der Waals surface area contributed by atoms with Crippen LogP contribution in [0.2, 0.25) is 20.1 Å². The maximum atomic E-state index is 13.6. The Morgan fingerprint density at radius 1 is 1.00 bits per heavy atom. The van der Waals surface area contributed by atoms with E-state index >= 15 is 0 Å². The molecule has 0 amide bonds. The highest BCUT2D eigenvalue weighted by atomic mass is 35.5. The molecule has 148 valence electrons. The minimum absolute atomic E-state index is 0.00493. The molecule has 0 heterocycles. The highest BCUT2D eigenvalue weighted by Crippen LogP contribution is 2.41. The lowest BCUT2D eigenvalue weighted by Gasteiger charge is -2.18. The molecule has 0 aliphatic carbocycles. The zero-order valence-corrected chi connectivity index (χ0v) is 16.9. The summed E-state index contributed by atoms with van der Waals surface area (Å²) in [5.41, 5.74) is 0.813. The minimum Gasteiger partial charge on any atom is -0.346 e. The van der Waals surface area contributed by atoms with Crippen molar-refractivity contribution in [3.8, 4) is 0 Å². The van der Waals surface area contributed by atoms with Crippen molar-refractivity contribution >= 4 is 70.8 Å². The first kappa shape index (κ1) is 22.6. The van der Waals surface area contributed by atoms with E-state index in [1.54, 1.807) is 12.1 Å². The molecule has 2 rings (SSSR count). The average Bonchev–Trinajstić information content (AvgIpc) is 2.60. The second-order valence-electron chi connectivity index (χ2n) is 5.46. The van der Waals surface area contributed by atoms with Crippen molar-refractivity contribution in [3.63, 3.8) is 0 Å². The Balaban J connectivity index is 2.34. The number of nitrogens with one attached hydrogen (secondary N) is 2. The number of aliphatic imine (C=N–C) groups is 1. The van der Waals surface area contributed by atoms with Gasteiger partial charge in [-0.05, 0) is 35.4 Å². The predicted molar refractivity (Wildman–Crippen MR) is 112 cm³/mol. The molecule has 0 bridgehead atoms. The number of alkyl halides is 3. The Labute approximate surface area is 179 Å². The molecule has 0 aliphatic rings.